The zero-order valence-electron chi connectivity index (χ0n) is 17.1. The van der Waals surface area contributed by atoms with E-state index in [1.165, 1.54) is 11.3 Å². The van der Waals surface area contributed by atoms with Crippen molar-refractivity contribution in [3.63, 3.8) is 0 Å². The summed E-state index contributed by atoms with van der Waals surface area (Å²) in [6, 6.07) is 21.1. The minimum atomic E-state index is 0.754. The summed E-state index contributed by atoms with van der Waals surface area (Å²) >= 11 is 0. The number of pyridine rings is 1. The fraction of sp³-hybridized carbons (Fsp3) is 0.120. The first-order valence-corrected chi connectivity index (χ1v) is 9.99. The molecule has 0 saturated carbocycles. The molecule has 0 amide bonds. The molecule has 0 unspecified atom stereocenters. The molecule has 2 aromatic carbocycles. The van der Waals surface area contributed by atoms with Crippen LogP contribution in [0.15, 0.2) is 85.5 Å². The number of aromatic amines is 1. The Morgan fingerprint density at radius 1 is 0.900 bits per heavy atom. The van der Waals surface area contributed by atoms with Crippen LogP contribution in [0.25, 0.3) is 33.3 Å². The molecule has 3 aromatic heterocycles. The lowest BCUT2D eigenvalue weighted by molar-refractivity contribution is 0.687. The van der Waals surface area contributed by atoms with E-state index in [0.717, 1.165) is 39.8 Å². The number of rotatable bonds is 5. The van der Waals surface area contributed by atoms with Crippen molar-refractivity contribution in [3.05, 3.63) is 91.0 Å². The number of nitrogens with zero attached hydrogens (tertiary/aromatic N) is 4. The maximum absolute atomic E-state index is 4.66. The average molecular weight is 393 g/mol. The first-order valence-electron chi connectivity index (χ1n) is 9.99. The number of aromatic nitrogens is 4. The fourth-order valence-electron chi connectivity index (χ4n) is 3.72. The summed E-state index contributed by atoms with van der Waals surface area (Å²) in [5, 5.41) is 5.66. The van der Waals surface area contributed by atoms with Gasteiger partial charge in [-0.2, -0.15) is 5.10 Å². The molecule has 0 spiro atoms. The van der Waals surface area contributed by atoms with Crippen LogP contribution in [0.2, 0.25) is 0 Å². The quantitative estimate of drug-likeness (QED) is 0.446. The number of nitrogens with one attached hydrogen (secondary N) is 1. The Labute approximate surface area is 175 Å². The summed E-state index contributed by atoms with van der Waals surface area (Å²) in [4.78, 5) is 10.1. The topological polar surface area (TPSA) is 49.7 Å². The number of H-pyrrole nitrogens is 1. The van der Waals surface area contributed by atoms with E-state index in [9.17, 15) is 0 Å². The van der Waals surface area contributed by atoms with Crippen molar-refractivity contribution in [1.29, 1.82) is 0 Å². The maximum atomic E-state index is 4.66. The van der Waals surface area contributed by atoms with Crippen LogP contribution in [-0.2, 0) is 6.54 Å². The van der Waals surface area contributed by atoms with E-state index in [0.29, 0.717) is 0 Å². The van der Waals surface area contributed by atoms with Gasteiger partial charge >= 0.3 is 0 Å². The zero-order chi connectivity index (χ0) is 20.5. The van der Waals surface area contributed by atoms with Crippen LogP contribution in [0.4, 0.5) is 5.69 Å². The van der Waals surface area contributed by atoms with Gasteiger partial charge in [0.1, 0.15) is 5.65 Å². The molecule has 30 heavy (non-hydrogen) atoms. The lowest BCUT2D eigenvalue weighted by atomic mass is 10.0. The van der Waals surface area contributed by atoms with Gasteiger partial charge in [-0.3, -0.25) is 4.68 Å². The van der Waals surface area contributed by atoms with Gasteiger partial charge in [0.25, 0.3) is 0 Å². The molecule has 0 fully saturated rings. The van der Waals surface area contributed by atoms with Crippen LogP contribution >= 0.6 is 0 Å². The molecular formula is C25H23N5. The van der Waals surface area contributed by atoms with Gasteiger partial charge in [0, 0.05) is 60.4 Å². The van der Waals surface area contributed by atoms with Crippen LogP contribution in [0.1, 0.15) is 5.56 Å². The smallest absolute Gasteiger partial charge is 0.137 e. The molecule has 5 nitrogen and oxygen atoms in total. The third-order valence-corrected chi connectivity index (χ3v) is 5.36. The van der Waals surface area contributed by atoms with E-state index in [1.54, 1.807) is 0 Å². The molecule has 148 valence electrons. The minimum absolute atomic E-state index is 0.754. The van der Waals surface area contributed by atoms with E-state index in [1.807, 2.05) is 29.3 Å². The van der Waals surface area contributed by atoms with Gasteiger partial charge in [0.2, 0.25) is 0 Å². The van der Waals surface area contributed by atoms with Gasteiger partial charge in [-0.25, -0.2) is 4.98 Å². The van der Waals surface area contributed by atoms with Gasteiger partial charge in [0.15, 0.2) is 0 Å². The van der Waals surface area contributed by atoms with E-state index in [4.69, 9.17) is 0 Å². The molecule has 0 bridgehead atoms. The second-order valence-corrected chi connectivity index (χ2v) is 7.68. The molecule has 0 atom stereocenters. The van der Waals surface area contributed by atoms with Gasteiger partial charge in [-0.1, -0.05) is 42.5 Å². The van der Waals surface area contributed by atoms with E-state index >= 15 is 0 Å². The van der Waals surface area contributed by atoms with Gasteiger partial charge in [0.05, 0.1) is 12.7 Å². The van der Waals surface area contributed by atoms with Crippen LogP contribution in [0.5, 0.6) is 0 Å². The predicted octanol–water partition coefficient (Wildman–Crippen LogP) is 5.21. The van der Waals surface area contributed by atoms with E-state index < -0.39 is 0 Å². The highest BCUT2D eigenvalue weighted by atomic mass is 15.3. The second kappa shape index (κ2) is 7.52. The molecule has 5 aromatic rings. The second-order valence-electron chi connectivity index (χ2n) is 7.68. The first kappa shape index (κ1) is 18.2. The average Bonchev–Trinajstić information content (AvgIpc) is 3.40. The van der Waals surface area contributed by atoms with Gasteiger partial charge in [-0.05, 0) is 29.3 Å². The Hall–Kier alpha value is -3.86. The number of anilines is 1. The first-order chi connectivity index (χ1) is 14.7. The summed E-state index contributed by atoms with van der Waals surface area (Å²) in [6.45, 7) is 0.754. The van der Waals surface area contributed by atoms with Crippen molar-refractivity contribution in [1.82, 2.24) is 19.7 Å². The fourth-order valence-corrected chi connectivity index (χ4v) is 3.72. The molecule has 5 rings (SSSR count). The molecule has 0 aliphatic heterocycles. The molecular weight excluding hydrogens is 370 g/mol. The largest absolute Gasteiger partial charge is 0.378 e. The molecule has 5 heteroatoms. The van der Waals surface area contributed by atoms with Gasteiger partial charge < -0.3 is 9.88 Å². The number of benzene rings is 2. The SMILES string of the molecule is CN(C)c1cccc(-c2cnc3[nH]cc(-c4cnn(Cc5ccccc5)c4)c3c2)c1. The highest BCUT2D eigenvalue weighted by Gasteiger charge is 2.11. The van der Waals surface area contributed by atoms with Crippen molar-refractivity contribution in [2.45, 2.75) is 6.54 Å². The standard InChI is InChI=1S/C25H23N5/c1-29(2)22-10-6-9-19(11-22)20-12-23-24(15-27-25(23)26-13-20)21-14-28-30(17-21)16-18-7-4-3-5-8-18/h3-15,17H,16H2,1-2H3,(H,26,27). The summed E-state index contributed by atoms with van der Waals surface area (Å²) in [5.74, 6) is 0. The molecule has 0 aliphatic carbocycles. The van der Waals surface area contributed by atoms with Crippen molar-refractivity contribution >= 4 is 16.7 Å². The zero-order valence-corrected chi connectivity index (χ0v) is 17.1. The van der Waals surface area contributed by atoms with Crippen molar-refractivity contribution in [3.8, 4) is 22.3 Å². The maximum Gasteiger partial charge on any atom is 0.137 e. The number of hydrogen-bond donors (Lipinski definition) is 1. The Kier molecular flexibility index (Phi) is 4.56. The summed E-state index contributed by atoms with van der Waals surface area (Å²) < 4.78 is 1.97. The highest BCUT2D eigenvalue weighted by Crippen LogP contribution is 2.31. The van der Waals surface area contributed by atoms with Crippen LogP contribution in [0, 0.1) is 0 Å². The number of hydrogen-bond acceptors (Lipinski definition) is 3. The Balaban J connectivity index is 1.50. The van der Waals surface area contributed by atoms with Crippen molar-refractivity contribution in [2.24, 2.45) is 0 Å². The molecule has 0 aliphatic rings. The van der Waals surface area contributed by atoms with Gasteiger partial charge in [-0.15, -0.1) is 0 Å². The third-order valence-electron chi connectivity index (χ3n) is 5.36. The third kappa shape index (κ3) is 3.46. The van der Waals surface area contributed by atoms with Crippen molar-refractivity contribution < 1.29 is 0 Å². The van der Waals surface area contributed by atoms with E-state index in [-0.39, 0.29) is 0 Å². The normalized spacial score (nSPS) is 11.1. The molecule has 1 N–H and O–H groups in total. The Bertz CT molecular complexity index is 1300. The summed E-state index contributed by atoms with van der Waals surface area (Å²) in [5.41, 5.74) is 7.74. The Morgan fingerprint density at radius 2 is 1.77 bits per heavy atom. The lowest BCUT2D eigenvalue weighted by Crippen LogP contribution is -2.08. The predicted molar refractivity (Wildman–Crippen MR) is 123 cm³/mol. The van der Waals surface area contributed by atoms with Crippen LogP contribution in [0.3, 0.4) is 0 Å². The number of fused-ring (bicyclic) bond motifs is 1. The van der Waals surface area contributed by atoms with Crippen LogP contribution < -0.4 is 4.90 Å². The molecule has 0 radical (unpaired) electrons. The van der Waals surface area contributed by atoms with Crippen LogP contribution in [-0.4, -0.2) is 33.8 Å². The van der Waals surface area contributed by atoms with Crippen molar-refractivity contribution in [2.75, 3.05) is 19.0 Å². The minimum Gasteiger partial charge on any atom is -0.378 e. The Morgan fingerprint density at radius 3 is 2.60 bits per heavy atom. The molecule has 0 saturated heterocycles. The summed E-state index contributed by atoms with van der Waals surface area (Å²) in [6.07, 6.45) is 7.96. The lowest BCUT2D eigenvalue weighted by Gasteiger charge is -2.13. The highest BCUT2D eigenvalue weighted by molar-refractivity contribution is 5.95. The monoisotopic (exact) mass is 393 g/mol. The van der Waals surface area contributed by atoms with E-state index in [2.05, 4.69) is 94.9 Å². The summed E-state index contributed by atoms with van der Waals surface area (Å²) in [7, 11) is 4.11. The molecule has 3 heterocycles.